The number of aliphatic hydroxyl groups is 1. The molecule has 2 fully saturated rings. The molecule has 1 amide bonds. The highest BCUT2D eigenvalue weighted by Gasteiger charge is 2.29. The number of rotatable bonds is 7. The van der Waals surface area contributed by atoms with E-state index in [2.05, 4.69) is 4.90 Å². The zero-order valence-electron chi connectivity index (χ0n) is 14.8. The number of furan rings is 1. The van der Waals surface area contributed by atoms with Crippen molar-refractivity contribution in [3.05, 3.63) is 24.2 Å². The van der Waals surface area contributed by atoms with E-state index in [1.807, 2.05) is 22.1 Å². The van der Waals surface area contributed by atoms with E-state index >= 15 is 0 Å². The van der Waals surface area contributed by atoms with Gasteiger partial charge in [-0.05, 0) is 31.4 Å². The van der Waals surface area contributed by atoms with E-state index in [0.717, 1.165) is 51.4 Å². The van der Waals surface area contributed by atoms with Crippen LogP contribution in [0.4, 0.5) is 0 Å². The van der Waals surface area contributed by atoms with Crippen LogP contribution in [-0.4, -0.2) is 77.9 Å². The van der Waals surface area contributed by atoms with Crippen molar-refractivity contribution in [1.29, 1.82) is 0 Å². The summed E-state index contributed by atoms with van der Waals surface area (Å²) in [6, 6.07) is 4.02. The number of amides is 1. The standard InChI is InChI=1S/C18H29N3O4/c22-11-6-16-14-20(10-9-19(16)15-17-4-3-12-24-17)18(23)5-8-21-7-1-2-13-25-21/h3-4,12,16,22H,1-2,5-11,13-15H2/t16-/m0/s1. The minimum Gasteiger partial charge on any atom is -0.468 e. The second-order valence-electron chi connectivity index (χ2n) is 6.78. The molecule has 3 rings (SSSR count). The molecule has 2 saturated heterocycles. The molecule has 0 aliphatic carbocycles. The van der Waals surface area contributed by atoms with Crippen LogP contribution >= 0.6 is 0 Å². The molecule has 25 heavy (non-hydrogen) atoms. The third kappa shape index (κ3) is 5.28. The zero-order valence-corrected chi connectivity index (χ0v) is 14.8. The van der Waals surface area contributed by atoms with E-state index in [9.17, 15) is 9.90 Å². The zero-order chi connectivity index (χ0) is 17.5. The van der Waals surface area contributed by atoms with Crippen molar-refractivity contribution in [2.45, 2.75) is 38.3 Å². The van der Waals surface area contributed by atoms with Crippen LogP contribution in [0.15, 0.2) is 22.8 Å². The summed E-state index contributed by atoms with van der Waals surface area (Å²) in [6.07, 6.45) is 5.08. The van der Waals surface area contributed by atoms with Crippen LogP contribution in [0.25, 0.3) is 0 Å². The van der Waals surface area contributed by atoms with Gasteiger partial charge in [0.1, 0.15) is 5.76 Å². The molecule has 7 heteroatoms. The fraction of sp³-hybridized carbons (Fsp3) is 0.722. The molecule has 0 bridgehead atoms. The van der Waals surface area contributed by atoms with Gasteiger partial charge in [0.25, 0.3) is 0 Å². The number of aliphatic hydroxyl groups excluding tert-OH is 1. The first-order valence-electron chi connectivity index (χ1n) is 9.29. The van der Waals surface area contributed by atoms with Gasteiger partial charge in [-0.15, -0.1) is 0 Å². The molecule has 0 saturated carbocycles. The molecular formula is C18H29N3O4. The largest absolute Gasteiger partial charge is 0.468 e. The van der Waals surface area contributed by atoms with E-state index in [1.54, 1.807) is 6.26 Å². The van der Waals surface area contributed by atoms with Gasteiger partial charge in [-0.1, -0.05) is 0 Å². The minimum absolute atomic E-state index is 0.128. The molecule has 2 aliphatic rings. The molecular weight excluding hydrogens is 322 g/mol. The van der Waals surface area contributed by atoms with Crippen molar-refractivity contribution < 1.29 is 19.2 Å². The Kier molecular flexibility index (Phi) is 6.86. The number of hydroxylamine groups is 2. The van der Waals surface area contributed by atoms with Crippen molar-refractivity contribution in [3.63, 3.8) is 0 Å². The van der Waals surface area contributed by atoms with Crippen LogP contribution in [0.1, 0.15) is 31.4 Å². The Morgan fingerprint density at radius 2 is 2.20 bits per heavy atom. The van der Waals surface area contributed by atoms with Crippen LogP contribution in [0.3, 0.4) is 0 Å². The molecule has 140 valence electrons. The number of piperazine rings is 1. The van der Waals surface area contributed by atoms with Crippen LogP contribution in [0.5, 0.6) is 0 Å². The Morgan fingerprint density at radius 3 is 2.92 bits per heavy atom. The molecule has 1 atom stereocenters. The first-order chi connectivity index (χ1) is 12.3. The summed E-state index contributed by atoms with van der Waals surface area (Å²) < 4.78 is 5.44. The Labute approximate surface area is 149 Å². The Hall–Kier alpha value is -1.41. The number of carbonyl (C=O) groups excluding carboxylic acids is 1. The van der Waals surface area contributed by atoms with Crippen molar-refractivity contribution in [2.24, 2.45) is 0 Å². The molecule has 7 nitrogen and oxygen atoms in total. The van der Waals surface area contributed by atoms with E-state index < -0.39 is 0 Å². The highest BCUT2D eigenvalue weighted by molar-refractivity contribution is 5.76. The topological polar surface area (TPSA) is 69.4 Å². The predicted octanol–water partition coefficient (Wildman–Crippen LogP) is 1.09. The summed E-state index contributed by atoms with van der Waals surface area (Å²) >= 11 is 0. The maximum Gasteiger partial charge on any atom is 0.224 e. The lowest BCUT2D eigenvalue weighted by Gasteiger charge is -2.41. The molecule has 1 aromatic heterocycles. The lowest BCUT2D eigenvalue weighted by molar-refractivity contribution is -0.183. The van der Waals surface area contributed by atoms with Crippen molar-refractivity contribution in [2.75, 3.05) is 45.9 Å². The smallest absolute Gasteiger partial charge is 0.224 e. The molecule has 0 aromatic carbocycles. The van der Waals surface area contributed by atoms with Gasteiger partial charge in [-0.25, -0.2) is 0 Å². The second kappa shape index (κ2) is 9.33. The lowest BCUT2D eigenvalue weighted by Crippen LogP contribution is -2.54. The van der Waals surface area contributed by atoms with E-state index in [0.29, 0.717) is 25.9 Å². The summed E-state index contributed by atoms with van der Waals surface area (Å²) in [5, 5.41) is 11.3. The third-order valence-electron chi connectivity index (χ3n) is 5.01. The first-order valence-corrected chi connectivity index (χ1v) is 9.29. The van der Waals surface area contributed by atoms with Crippen LogP contribution in [-0.2, 0) is 16.2 Å². The summed E-state index contributed by atoms with van der Waals surface area (Å²) in [7, 11) is 0. The molecule has 3 heterocycles. The van der Waals surface area contributed by atoms with Gasteiger partial charge in [0, 0.05) is 51.8 Å². The number of carbonyl (C=O) groups is 1. The summed E-state index contributed by atoms with van der Waals surface area (Å²) in [4.78, 5) is 22.4. The van der Waals surface area contributed by atoms with Gasteiger partial charge in [-0.2, -0.15) is 5.06 Å². The van der Waals surface area contributed by atoms with Crippen molar-refractivity contribution in [3.8, 4) is 0 Å². The number of nitrogens with zero attached hydrogens (tertiary/aromatic N) is 3. The normalized spacial score (nSPS) is 23.1. The Bertz CT molecular complexity index is 516. The highest BCUT2D eigenvalue weighted by Crippen LogP contribution is 2.18. The third-order valence-corrected chi connectivity index (χ3v) is 5.01. The van der Waals surface area contributed by atoms with Crippen molar-refractivity contribution in [1.82, 2.24) is 14.9 Å². The van der Waals surface area contributed by atoms with Gasteiger partial charge < -0.3 is 14.4 Å². The van der Waals surface area contributed by atoms with E-state index in [1.165, 1.54) is 0 Å². The quantitative estimate of drug-likeness (QED) is 0.793. The number of hydrogen-bond acceptors (Lipinski definition) is 6. The van der Waals surface area contributed by atoms with Gasteiger partial charge >= 0.3 is 0 Å². The highest BCUT2D eigenvalue weighted by atomic mass is 16.7. The average Bonchev–Trinajstić information content (AvgIpc) is 3.15. The van der Waals surface area contributed by atoms with E-state index in [4.69, 9.17) is 9.25 Å². The maximum atomic E-state index is 12.6. The lowest BCUT2D eigenvalue weighted by atomic mass is 10.1. The predicted molar refractivity (Wildman–Crippen MR) is 92.6 cm³/mol. The maximum absolute atomic E-state index is 12.6. The fourth-order valence-corrected chi connectivity index (χ4v) is 3.56. The van der Waals surface area contributed by atoms with Gasteiger partial charge in [-0.3, -0.25) is 14.5 Å². The van der Waals surface area contributed by atoms with Crippen LogP contribution in [0, 0.1) is 0 Å². The SMILES string of the molecule is O=C(CCN1CCCCO1)N1CCN(Cc2ccco2)[C@@H](CCO)C1. The summed E-state index contributed by atoms with van der Waals surface area (Å²) in [5.74, 6) is 1.10. The molecule has 2 aliphatic heterocycles. The van der Waals surface area contributed by atoms with Crippen molar-refractivity contribution >= 4 is 5.91 Å². The summed E-state index contributed by atoms with van der Waals surface area (Å²) in [5.41, 5.74) is 0. The van der Waals surface area contributed by atoms with Gasteiger partial charge in [0.05, 0.1) is 19.4 Å². The van der Waals surface area contributed by atoms with E-state index in [-0.39, 0.29) is 18.6 Å². The number of hydrogen-bond donors (Lipinski definition) is 1. The molecule has 1 N–H and O–H groups in total. The molecule has 0 unspecified atom stereocenters. The molecule has 0 radical (unpaired) electrons. The first kappa shape index (κ1) is 18.4. The Balaban J connectivity index is 1.48. The Morgan fingerprint density at radius 1 is 1.28 bits per heavy atom. The summed E-state index contributed by atoms with van der Waals surface area (Å²) in [6.45, 7) is 5.39. The average molecular weight is 351 g/mol. The molecule has 0 spiro atoms. The monoisotopic (exact) mass is 351 g/mol. The fourth-order valence-electron chi connectivity index (χ4n) is 3.56. The van der Waals surface area contributed by atoms with Gasteiger partial charge in [0.2, 0.25) is 5.91 Å². The van der Waals surface area contributed by atoms with Crippen LogP contribution in [0.2, 0.25) is 0 Å². The van der Waals surface area contributed by atoms with Crippen LogP contribution < -0.4 is 0 Å². The minimum atomic E-state index is 0.128. The van der Waals surface area contributed by atoms with Gasteiger partial charge in [0.15, 0.2) is 0 Å². The second-order valence-corrected chi connectivity index (χ2v) is 6.78. The molecule has 1 aromatic rings.